The smallest absolute Gasteiger partial charge is 0.198 e. The van der Waals surface area contributed by atoms with Gasteiger partial charge in [-0.3, -0.25) is 0 Å². The molecule has 4 heteroatoms. The highest BCUT2D eigenvalue weighted by Crippen LogP contribution is 2.22. The number of benzene rings is 1. The first-order valence-electron chi connectivity index (χ1n) is 4.18. The molecule has 1 rings (SSSR count). The lowest BCUT2D eigenvalue weighted by atomic mass is 10.2. The van der Waals surface area contributed by atoms with E-state index < -0.39 is 0 Å². The molecule has 0 aromatic heterocycles. The molecule has 0 bridgehead atoms. The van der Waals surface area contributed by atoms with Gasteiger partial charge in [-0.2, -0.15) is 0 Å². The Bertz CT molecular complexity index is 359. The third-order valence-electron chi connectivity index (χ3n) is 1.74. The molecular formula is C10H12Cl2N2. The van der Waals surface area contributed by atoms with Crippen LogP contribution in [0, 0.1) is 6.92 Å². The van der Waals surface area contributed by atoms with Crippen molar-refractivity contribution < 1.29 is 0 Å². The van der Waals surface area contributed by atoms with Crippen molar-refractivity contribution >= 4 is 34.2 Å². The molecular weight excluding hydrogens is 219 g/mol. The number of aryl methyl sites for hydroxylation is 1. The molecule has 14 heavy (non-hydrogen) atoms. The molecule has 0 radical (unpaired) electrons. The van der Waals surface area contributed by atoms with Gasteiger partial charge in [0.1, 0.15) is 0 Å². The molecule has 1 aromatic carbocycles. The van der Waals surface area contributed by atoms with E-state index >= 15 is 0 Å². The summed E-state index contributed by atoms with van der Waals surface area (Å²) in [7, 11) is 3.69. The van der Waals surface area contributed by atoms with Gasteiger partial charge in [0.15, 0.2) is 5.29 Å². The molecule has 0 fully saturated rings. The van der Waals surface area contributed by atoms with Gasteiger partial charge in [0.25, 0.3) is 0 Å². The highest BCUT2D eigenvalue weighted by molar-refractivity contribution is 6.64. The van der Waals surface area contributed by atoms with Gasteiger partial charge >= 0.3 is 0 Å². The van der Waals surface area contributed by atoms with Gasteiger partial charge in [-0.15, -0.1) is 0 Å². The molecule has 0 saturated heterocycles. The van der Waals surface area contributed by atoms with Gasteiger partial charge in [0.2, 0.25) is 0 Å². The van der Waals surface area contributed by atoms with Gasteiger partial charge in [-0.1, -0.05) is 11.6 Å². The second kappa shape index (κ2) is 4.67. The second-order valence-electron chi connectivity index (χ2n) is 3.21. The average molecular weight is 231 g/mol. The molecule has 0 aliphatic carbocycles. The minimum Gasteiger partial charge on any atom is -0.353 e. The summed E-state index contributed by atoms with van der Waals surface area (Å²) in [5.74, 6) is 0. The molecule has 0 atom stereocenters. The van der Waals surface area contributed by atoms with Gasteiger partial charge in [-0.05, 0) is 42.3 Å². The van der Waals surface area contributed by atoms with Crippen molar-refractivity contribution in [1.82, 2.24) is 4.90 Å². The SMILES string of the molecule is Cc1cc(Cl)ccc1N=C(Cl)N(C)C. The van der Waals surface area contributed by atoms with E-state index in [2.05, 4.69) is 4.99 Å². The standard InChI is InChI=1S/C10H12Cl2N2/c1-7-6-8(11)4-5-9(7)13-10(12)14(2)3/h4-6H,1-3H3. The third kappa shape index (κ3) is 2.89. The van der Waals surface area contributed by atoms with Crippen molar-refractivity contribution in [3.05, 3.63) is 28.8 Å². The van der Waals surface area contributed by atoms with Gasteiger partial charge in [-0.25, -0.2) is 4.99 Å². The van der Waals surface area contributed by atoms with Crippen LogP contribution in [0.1, 0.15) is 5.56 Å². The average Bonchev–Trinajstić information content (AvgIpc) is 2.09. The molecule has 0 heterocycles. The number of halogens is 2. The summed E-state index contributed by atoms with van der Waals surface area (Å²) < 4.78 is 0. The largest absolute Gasteiger partial charge is 0.353 e. The Morgan fingerprint density at radius 2 is 2.00 bits per heavy atom. The van der Waals surface area contributed by atoms with E-state index in [1.54, 1.807) is 11.0 Å². The summed E-state index contributed by atoms with van der Waals surface area (Å²) in [4.78, 5) is 5.99. The first kappa shape index (κ1) is 11.3. The fourth-order valence-electron chi connectivity index (χ4n) is 0.944. The molecule has 2 nitrogen and oxygen atoms in total. The maximum Gasteiger partial charge on any atom is 0.198 e. The predicted molar refractivity (Wildman–Crippen MR) is 62.8 cm³/mol. The fraction of sp³-hybridized carbons (Fsp3) is 0.300. The van der Waals surface area contributed by atoms with E-state index in [4.69, 9.17) is 23.2 Å². The van der Waals surface area contributed by atoms with Crippen LogP contribution in [-0.2, 0) is 0 Å². The summed E-state index contributed by atoms with van der Waals surface area (Å²) in [5.41, 5.74) is 1.85. The Balaban J connectivity index is 3.03. The Kier molecular flexibility index (Phi) is 3.78. The fourth-order valence-corrected chi connectivity index (χ4v) is 1.26. The first-order chi connectivity index (χ1) is 6.50. The Labute approximate surface area is 94.2 Å². The molecule has 0 saturated carbocycles. The van der Waals surface area contributed by atoms with E-state index in [9.17, 15) is 0 Å². The molecule has 0 aliphatic rings. The number of amidine groups is 1. The molecule has 0 N–H and O–H groups in total. The van der Waals surface area contributed by atoms with E-state index in [-0.39, 0.29) is 0 Å². The van der Waals surface area contributed by atoms with Crippen molar-refractivity contribution in [3.63, 3.8) is 0 Å². The maximum atomic E-state index is 5.90. The highest BCUT2D eigenvalue weighted by atomic mass is 35.5. The third-order valence-corrected chi connectivity index (χ3v) is 2.40. The molecule has 0 amide bonds. The molecule has 76 valence electrons. The van der Waals surface area contributed by atoms with Crippen LogP contribution >= 0.6 is 23.2 Å². The van der Waals surface area contributed by atoms with Crippen molar-refractivity contribution in [2.24, 2.45) is 4.99 Å². The normalized spacial score (nSPS) is 11.6. The minimum absolute atomic E-state index is 0.454. The molecule has 0 unspecified atom stereocenters. The highest BCUT2D eigenvalue weighted by Gasteiger charge is 2.00. The van der Waals surface area contributed by atoms with E-state index in [0.29, 0.717) is 10.3 Å². The number of hydrogen-bond donors (Lipinski definition) is 0. The Morgan fingerprint density at radius 1 is 1.36 bits per heavy atom. The van der Waals surface area contributed by atoms with Crippen LogP contribution in [0.25, 0.3) is 0 Å². The second-order valence-corrected chi connectivity index (χ2v) is 3.98. The first-order valence-corrected chi connectivity index (χ1v) is 4.94. The van der Waals surface area contributed by atoms with Crippen molar-refractivity contribution in [2.75, 3.05) is 14.1 Å². The van der Waals surface area contributed by atoms with Gasteiger partial charge in [0, 0.05) is 19.1 Å². The number of hydrogen-bond acceptors (Lipinski definition) is 1. The molecule has 1 aromatic rings. The van der Waals surface area contributed by atoms with Crippen LogP contribution in [0.4, 0.5) is 5.69 Å². The summed E-state index contributed by atoms with van der Waals surface area (Å²) in [6.45, 7) is 1.95. The van der Waals surface area contributed by atoms with Gasteiger partial charge < -0.3 is 4.90 Å². The zero-order chi connectivity index (χ0) is 10.7. The van der Waals surface area contributed by atoms with E-state index in [1.165, 1.54) is 0 Å². The monoisotopic (exact) mass is 230 g/mol. The van der Waals surface area contributed by atoms with E-state index in [0.717, 1.165) is 11.3 Å². The van der Waals surface area contributed by atoms with Crippen LogP contribution in [-0.4, -0.2) is 24.3 Å². The van der Waals surface area contributed by atoms with Crippen LogP contribution in [0.5, 0.6) is 0 Å². The summed E-state index contributed by atoms with van der Waals surface area (Å²) >= 11 is 11.7. The molecule has 0 spiro atoms. The van der Waals surface area contributed by atoms with Crippen LogP contribution < -0.4 is 0 Å². The minimum atomic E-state index is 0.454. The number of rotatable bonds is 1. The van der Waals surface area contributed by atoms with Crippen molar-refractivity contribution in [2.45, 2.75) is 6.92 Å². The lowest BCUT2D eigenvalue weighted by molar-refractivity contribution is 0.635. The summed E-state index contributed by atoms with van der Waals surface area (Å²) in [5, 5.41) is 1.16. The van der Waals surface area contributed by atoms with E-state index in [1.807, 2.05) is 33.2 Å². The Hall–Kier alpha value is -0.730. The summed E-state index contributed by atoms with van der Waals surface area (Å²) in [6.07, 6.45) is 0. The van der Waals surface area contributed by atoms with Crippen LogP contribution in [0.3, 0.4) is 0 Å². The van der Waals surface area contributed by atoms with Crippen LogP contribution in [0.2, 0.25) is 5.02 Å². The van der Waals surface area contributed by atoms with Crippen molar-refractivity contribution in [3.8, 4) is 0 Å². The van der Waals surface area contributed by atoms with Gasteiger partial charge in [0.05, 0.1) is 5.69 Å². The molecule has 0 aliphatic heterocycles. The zero-order valence-electron chi connectivity index (χ0n) is 8.38. The zero-order valence-corrected chi connectivity index (χ0v) is 9.89. The maximum absolute atomic E-state index is 5.90. The Morgan fingerprint density at radius 3 is 2.50 bits per heavy atom. The predicted octanol–water partition coefficient (Wildman–Crippen LogP) is 3.44. The number of aliphatic imine (C=N–C) groups is 1. The van der Waals surface area contributed by atoms with Crippen molar-refractivity contribution in [1.29, 1.82) is 0 Å². The van der Waals surface area contributed by atoms with Crippen LogP contribution in [0.15, 0.2) is 23.2 Å². The lowest BCUT2D eigenvalue weighted by Gasteiger charge is -2.09. The lowest BCUT2D eigenvalue weighted by Crippen LogP contribution is -2.15. The quantitative estimate of drug-likeness (QED) is 0.410. The number of nitrogens with zero attached hydrogens (tertiary/aromatic N) is 2. The topological polar surface area (TPSA) is 15.6 Å². The summed E-state index contributed by atoms with van der Waals surface area (Å²) in [6, 6.07) is 5.51.